The highest BCUT2D eigenvalue weighted by Crippen LogP contribution is 1.91. The van der Waals surface area contributed by atoms with E-state index >= 15 is 0 Å². The number of aliphatic hydroxyl groups excluding tert-OH is 1. The number of hydrogen-bond acceptors (Lipinski definition) is 4. The number of aliphatic hydroxyl groups is 1. The summed E-state index contributed by atoms with van der Waals surface area (Å²) in [7, 11) is -1.58. The molecular weight excluding hydrogens is 176 g/mol. The van der Waals surface area contributed by atoms with Gasteiger partial charge >= 0.3 is 0 Å². The Kier molecular flexibility index (Phi) is 7.73. The zero-order chi connectivity index (χ0) is 9.40. The maximum Gasteiger partial charge on any atom is 0.194 e. The summed E-state index contributed by atoms with van der Waals surface area (Å²) in [6.07, 6.45) is 0.456. The second-order valence-electron chi connectivity index (χ2n) is 2.79. The van der Waals surface area contributed by atoms with Crippen molar-refractivity contribution >= 4 is 9.04 Å². The number of rotatable bonds is 7. The molecule has 0 spiro atoms. The first-order chi connectivity index (χ1) is 5.66. The van der Waals surface area contributed by atoms with Crippen LogP contribution in [0, 0.1) is 0 Å². The van der Waals surface area contributed by atoms with E-state index in [-0.39, 0.29) is 12.7 Å². The van der Waals surface area contributed by atoms with Crippen molar-refractivity contribution in [2.24, 2.45) is 0 Å². The SMILES string of the molecule is CC(COC[SiH](C)O)OCCO. The summed E-state index contributed by atoms with van der Waals surface area (Å²) >= 11 is 0. The Hall–Kier alpha value is 0.0569. The van der Waals surface area contributed by atoms with Crippen molar-refractivity contribution < 1.29 is 19.4 Å². The molecule has 2 atom stereocenters. The van der Waals surface area contributed by atoms with E-state index in [4.69, 9.17) is 19.4 Å². The van der Waals surface area contributed by atoms with Gasteiger partial charge in [0.15, 0.2) is 9.04 Å². The van der Waals surface area contributed by atoms with E-state index in [0.29, 0.717) is 19.4 Å². The van der Waals surface area contributed by atoms with Crippen molar-refractivity contribution in [3.05, 3.63) is 0 Å². The summed E-state index contributed by atoms with van der Waals surface area (Å²) < 4.78 is 10.3. The van der Waals surface area contributed by atoms with Crippen molar-refractivity contribution in [2.75, 3.05) is 26.1 Å². The molecule has 0 amide bonds. The molecule has 12 heavy (non-hydrogen) atoms. The van der Waals surface area contributed by atoms with E-state index in [1.54, 1.807) is 6.55 Å². The van der Waals surface area contributed by atoms with Crippen LogP contribution in [0.1, 0.15) is 6.92 Å². The third-order valence-corrected chi connectivity index (χ3v) is 1.92. The Morgan fingerprint density at radius 3 is 2.67 bits per heavy atom. The maximum atomic E-state index is 8.97. The smallest absolute Gasteiger partial charge is 0.194 e. The second kappa shape index (κ2) is 7.69. The van der Waals surface area contributed by atoms with E-state index in [2.05, 4.69) is 0 Å². The molecule has 0 heterocycles. The zero-order valence-electron chi connectivity index (χ0n) is 7.69. The zero-order valence-corrected chi connectivity index (χ0v) is 8.85. The van der Waals surface area contributed by atoms with Crippen molar-refractivity contribution in [3.8, 4) is 0 Å². The molecule has 0 saturated heterocycles. The molecule has 0 aromatic carbocycles. The third kappa shape index (κ3) is 8.16. The van der Waals surface area contributed by atoms with Crippen LogP contribution in [0.4, 0.5) is 0 Å². The van der Waals surface area contributed by atoms with Crippen LogP contribution in [0.5, 0.6) is 0 Å². The van der Waals surface area contributed by atoms with Crippen LogP contribution in [0.15, 0.2) is 0 Å². The standard InChI is InChI=1S/C7H18O4Si/c1-7(11-4-3-8)5-10-6-12(2)9/h7-9,12H,3-6H2,1-2H3. The molecule has 0 aliphatic rings. The molecule has 0 aliphatic heterocycles. The van der Waals surface area contributed by atoms with Crippen LogP contribution in [0.3, 0.4) is 0 Å². The topological polar surface area (TPSA) is 58.9 Å². The van der Waals surface area contributed by atoms with E-state index in [9.17, 15) is 0 Å². The number of hydrogen-bond donors (Lipinski definition) is 2. The van der Waals surface area contributed by atoms with Gasteiger partial charge in [0.1, 0.15) is 0 Å². The van der Waals surface area contributed by atoms with E-state index in [1.165, 1.54) is 0 Å². The normalized spacial score (nSPS) is 16.0. The first-order valence-electron chi connectivity index (χ1n) is 4.15. The highest BCUT2D eigenvalue weighted by atomic mass is 28.3. The molecule has 0 radical (unpaired) electrons. The lowest BCUT2D eigenvalue weighted by molar-refractivity contribution is -0.0107. The Balaban J connectivity index is 3.13. The highest BCUT2D eigenvalue weighted by Gasteiger charge is 2.03. The van der Waals surface area contributed by atoms with Gasteiger partial charge in [-0.05, 0) is 13.5 Å². The monoisotopic (exact) mass is 194 g/mol. The summed E-state index contributed by atoms with van der Waals surface area (Å²) in [5.41, 5.74) is 0. The molecule has 0 bridgehead atoms. The molecular formula is C7H18O4Si. The van der Waals surface area contributed by atoms with Gasteiger partial charge in [-0.25, -0.2) is 0 Å². The summed E-state index contributed by atoms with van der Waals surface area (Å²) in [6.45, 7) is 4.54. The van der Waals surface area contributed by atoms with Gasteiger partial charge in [0.05, 0.1) is 32.2 Å². The van der Waals surface area contributed by atoms with E-state index < -0.39 is 9.04 Å². The first kappa shape index (κ1) is 12.1. The van der Waals surface area contributed by atoms with Crippen molar-refractivity contribution in [3.63, 3.8) is 0 Å². The second-order valence-corrected chi connectivity index (χ2v) is 4.82. The van der Waals surface area contributed by atoms with E-state index in [1.807, 2.05) is 6.92 Å². The molecule has 74 valence electrons. The molecule has 0 aliphatic carbocycles. The molecule has 0 aromatic heterocycles. The van der Waals surface area contributed by atoms with Gasteiger partial charge in [0, 0.05) is 0 Å². The predicted octanol–water partition coefficient (Wildman–Crippen LogP) is -0.715. The quantitative estimate of drug-likeness (QED) is 0.525. The van der Waals surface area contributed by atoms with Crippen LogP contribution in [0.25, 0.3) is 0 Å². The van der Waals surface area contributed by atoms with Gasteiger partial charge in [-0.2, -0.15) is 0 Å². The summed E-state index contributed by atoms with van der Waals surface area (Å²) in [5, 5.41) is 8.43. The van der Waals surface area contributed by atoms with Crippen molar-refractivity contribution in [1.29, 1.82) is 0 Å². The average molecular weight is 194 g/mol. The minimum atomic E-state index is -1.58. The molecule has 0 saturated carbocycles. The van der Waals surface area contributed by atoms with E-state index in [0.717, 1.165) is 0 Å². The molecule has 0 fully saturated rings. The van der Waals surface area contributed by atoms with Crippen molar-refractivity contribution in [1.82, 2.24) is 0 Å². The van der Waals surface area contributed by atoms with Crippen LogP contribution < -0.4 is 0 Å². The Morgan fingerprint density at radius 2 is 2.17 bits per heavy atom. The van der Waals surface area contributed by atoms with Gasteiger partial charge in [-0.1, -0.05) is 0 Å². The third-order valence-electron chi connectivity index (χ3n) is 1.21. The largest absolute Gasteiger partial charge is 0.433 e. The minimum absolute atomic E-state index is 0.00935. The fourth-order valence-electron chi connectivity index (χ4n) is 0.707. The van der Waals surface area contributed by atoms with Gasteiger partial charge < -0.3 is 19.4 Å². The Labute approximate surface area is 74.8 Å². The molecule has 5 heteroatoms. The lowest BCUT2D eigenvalue weighted by Gasteiger charge is -2.12. The fourth-order valence-corrected chi connectivity index (χ4v) is 1.18. The Bertz CT molecular complexity index is 99.4. The highest BCUT2D eigenvalue weighted by molar-refractivity contribution is 6.48. The summed E-state index contributed by atoms with van der Waals surface area (Å²) in [6, 6.07) is 0. The van der Waals surface area contributed by atoms with Crippen LogP contribution >= 0.6 is 0 Å². The van der Waals surface area contributed by atoms with Gasteiger partial charge in [-0.15, -0.1) is 0 Å². The average Bonchev–Trinajstić information content (AvgIpc) is 2.00. The summed E-state index contributed by atoms with van der Waals surface area (Å²) in [4.78, 5) is 8.97. The van der Waals surface area contributed by atoms with Crippen molar-refractivity contribution in [2.45, 2.75) is 19.6 Å². The molecule has 2 N–H and O–H groups in total. The van der Waals surface area contributed by atoms with Gasteiger partial charge in [-0.3, -0.25) is 0 Å². The fraction of sp³-hybridized carbons (Fsp3) is 1.00. The molecule has 4 nitrogen and oxygen atoms in total. The number of ether oxygens (including phenoxy) is 2. The molecule has 0 rings (SSSR count). The minimum Gasteiger partial charge on any atom is -0.433 e. The lowest BCUT2D eigenvalue weighted by Crippen LogP contribution is -2.23. The molecule has 2 unspecified atom stereocenters. The van der Waals surface area contributed by atoms with Crippen LogP contribution in [-0.2, 0) is 9.47 Å². The summed E-state index contributed by atoms with van der Waals surface area (Å²) in [5.74, 6) is 0. The molecule has 0 aromatic rings. The predicted molar refractivity (Wildman–Crippen MR) is 48.6 cm³/mol. The van der Waals surface area contributed by atoms with Crippen LogP contribution in [0.2, 0.25) is 6.55 Å². The lowest BCUT2D eigenvalue weighted by atomic mass is 10.4. The van der Waals surface area contributed by atoms with Gasteiger partial charge in [0.2, 0.25) is 0 Å². The Morgan fingerprint density at radius 1 is 1.50 bits per heavy atom. The maximum absolute atomic E-state index is 8.97. The first-order valence-corrected chi connectivity index (χ1v) is 6.63. The van der Waals surface area contributed by atoms with Gasteiger partial charge in [0.25, 0.3) is 0 Å². The van der Waals surface area contributed by atoms with Crippen LogP contribution in [-0.4, -0.2) is 51.1 Å².